The van der Waals surface area contributed by atoms with Crippen molar-refractivity contribution in [2.75, 3.05) is 31.1 Å². The average molecular weight is 341 g/mol. The zero-order chi connectivity index (χ0) is 17.1. The Morgan fingerprint density at radius 1 is 0.960 bits per heavy atom. The maximum Gasteiger partial charge on any atom is 0.147 e. The lowest BCUT2D eigenvalue weighted by molar-refractivity contribution is 0.136. The van der Waals surface area contributed by atoms with Crippen LogP contribution in [0, 0.1) is 5.82 Å². The molecule has 4 rings (SSSR count). The molecular weight excluding hydrogens is 317 g/mol. The maximum atomic E-state index is 13.3. The number of hydrogen-bond donors (Lipinski definition) is 0. The molecule has 132 valence electrons. The summed E-state index contributed by atoms with van der Waals surface area (Å²) in [5.74, 6) is 0.833. The Labute approximate surface area is 148 Å². The second-order valence-corrected chi connectivity index (χ2v) is 6.90. The summed E-state index contributed by atoms with van der Waals surface area (Å²) in [5.41, 5.74) is 1.07. The van der Waals surface area contributed by atoms with E-state index in [-0.39, 0.29) is 5.82 Å². The summed E-state index contributed by atoms with van der Waals surface area (Å²) in [6.45, 7) is 4.35. The van der Waals surface area contributed by atoms with Crippen molar-refractivity contribution in [2.45, 2.75) is 31.7 Å². The quantitative estimate of drug-likeness (QED) is 0.838. The van der Waals surface area contributed by atoms with E-state index in [1.54, 1.807) is 18.3 Å². The predicted molar refractivity (Wildman–Crippen MR) is 96.8 cm³/mol. The first kappa shape index (κ1) is 16.3. The molecule has 2 aliphatic rings. The normalized spacial score (nSPS) is 19.3. The van der Waals surface area contributed by atoms with Crippen molar-refractivity contribution >= 4 is 5.69 Å². The Morgan fingerprint density at radius 2 is 1.88 bits per heavy atom. The number of anilines is 1. The highest BCUT2D eigenvalue weighted by molar-refractivity contribution is 5.49. The number of nitrogens with zero attached hydrogens (tertiary/aromatic N) is 3. The Hall–Kier alpha value is -2.14. The summed E-state index contributed by atoms with van der Waals surface area (Å²) < 4.78 is 19.1. The molecule has 1 aliphatic heterocycles. The fourth-order valence-corrected chi connectivity index (χ4v) is 3.62. The first-order chi connectivity index (χ1) is 12.3. The smallest absolute Gasteiger partial charge is 0.147 e. The molecule has 0 N–H and O–H groups in total. The van der Waals surface area contributed by atoms with E-state index >= 15 is 0 Å². The Balaban J connectivity index is 1.43. The van der Waals surface area contributed by atoms with Gasteiger partial charge in [-0.3, -0.25) is 9.88 Å². The molecule has 5 heteroatoms. The van der Waals surface area contributed by atoms with E-state index in [2.05, 4.69) is 14.8 Å². The van der Waals surface area contributed by atoms with Crippen LogP contribution < -0.4 is 9.64 Å². The third-order valence-electron chi connectivity index (χ3n) is 5.22. The standard InChI is InChI=1S/C20H24FN3O/c21-16-4-1-7-19(12-16)25-20-13-18(14-22-15-20)24-9-3-8-23(10-11-24)17-5-2-6-17/h1,4,7,12-15,17H,2-3,5-6,8-11H2. The summed E-state index contributed by atoms with van der Waals surface area (Å²) in [6.07, 6.45) is 8.83. The van der Waals surface area contributed by atoms with Crippen LogP contribution >= 0.6 is 0 Å². The van der Waals surface area contributed by atoms with E-state index in [0.717, 1.165) is 31.4 Å². The molecule has 1 aliphatic carbocycles. The Kier molecular flexibility index (Phi) is 4.83. The van der Waals surface area contributed by atoms with Gasteiger partial charge >= 0.3 is 0 Å². The summed E-state index contributed by atoms with van der Waals surface area (Å²) >= 11 is 0. The summed E-state index contributed by atoms with van der Waals surface area (Å²) in [5, 5.41) is 0. The number of halogens is 1. The van der Waals surface area contributed by atoms with Gasteiger partial charge in [0.2, 0.25) is 0 Å². The number of rotatable bonds is 4. The molecule has 2 fully saturated rings. The molecule has 25 heavy (non-hydrogen) atoms. The highest BCUT2D eigenvalue weighted by Gasteiger charge is 2.26. The van der Waals surface area contributed by atoms with Gasteiger partial charge < -0.3 is 9.64 Å². The molecule has 1 aromatic heterocycles. The van der Waals surface area contributed by atoms with Gasteiger partial charge in [-0.1, -0.05) is 12.5 Å². The maximum absolute atomic E-state index is 13.3. The van der Waals surface area contributed by atoms with Crippen molar-refractivity contribution in [1.29, 1.82) is 0 Å². The average Bonchev–Trinajstić information content (AvgIpc) is 2.80. The van der Waals surface area contributed by atoms with Gasteiger partial charge in [0.15, 0.2) is 0 Å². The molecule has 0 bridgehead atoms. The molecule has 0 radical (unpaired) electrons. The van der Waals surface area contributed by atoms with Crippen LogP contribution in [-0.4, -0.2) is 42.1 Å². The van der Waals surface area contributed by atoms with E-state index in [4.69, 9.17) is 4.74 Å². The van der Waals surface area contributed by atoms with Gasteiger partial charge in [-0.05, 0) is 31.4 Å². The largest absolute Gasteiger partial charge is 0.456 e. The predicted octanol–water partition coefficient (Wildman–Crippen LogP) is 4.08. The van der Waals surface area contributed by atoms with Gasteiger partial charge in [-0.15, -0.1) is 0 Å². The van der Waals surface area contributed by atoms with Crippen LogP contribution in [0.5, 0.6) is 11.5 Å². The molecule has 4 nitrogen and oxygen atoms in total. The topological polar surface area (TPSA) is 28.6 Å². The Bertz CT molecular complexity index is 720. The minimum atomic E-state index is -0.301. The first-order valence-corrected chi connectivity index (χ1v) is 9.15. The van der Waals surface area contributed by atoms with Crippen LogP contribution in [0.4, 0.5) is 10.1 Å². The summed E-state index contributed by atoms with van der Waals surface area (Å²) in [6, 6.07) is 8.99. The lowest BCUT2D eigenvalue weighted by Gasteiger charge is -2.36. The lowest BCUT2D eigenvalue weighted by atomic mass is 9.91. The number of hydrogen-bond acceptors (Lipinski definition) is 4. The second kappa shape index (κ2) is 7.40. The molecule has 2 aromatic rings. The SMILES string of the molecule is Fc1cccc(Oc2cncc(N3CCCN(C4CCC4)CC3)c2)c1. The number of ether oxygens (including phenoxy) is 1. The van der Waals surface area contributed by atoms with Gasteiger partial charge in [-0.2, -0.15) is 0 Å². The zero-order valence-electron chi connectivity index (χ0n) is 14.4. The molecule has 1 saturated heterocycles. The van der Waals surface area contributed by atoms with E-state index < -0.39 is 0 Å². The van der Waals surface area contributed by atoms with Crippen molar-refractivity contribution in [2.24, 2.45) is 0 Å². The second-order valence-electron chi connectivity index (χ2n) is 6.90. The monoisotopic (exact) mass is 341 g/mol. The number of aromatic nitrogens is 1. The fraction of sp³-hybridized carbons (Fsp3) is 0.450. The molecule has 0 atom stereocenters. The molecule has 0 unspecified atom stereocenters. The minimum Gasteiger partial charge on any atom is -0.456 e. The van der Waals surface area contributed by atoms with Crippen LogP contribution in [-0.2, 0) is 0 Å². The van der Waals surface area contributed by atoms with Crippen LogP contribution in [0.2, 0.25) is 0 Å². The zero-order valence-corrected chi connectivity index (χ0v) is 14.4. The van der Waals surface area contributed by atoms with Crippen LogP contribution in [0.25, 0.3) is 0 Å². The van der Waals surface area contributed by atoms with Crippen molar-refractivity contribution in [3.05, 3.63) is 48.5 Å². The van der Waals surface area contributed by atoms with Crippen LogP contribution in [0.3, 0.4) is 0 Å². The van der Waals surface area contributed by atoms with Crippen molar-refractivity contribution in [1.82, 2.24) is 9.88 Å². The van der Waals surface area contributed by atoms with Gasteiger partial charge in [0.1, 0.15) is 17.3 Å². The lowest BCUT2D eigenvalue weighted by Crippen LogP contribution is -2.42. The number of benzene rings is 1. The van der Waals surface area contributed by atoms with E-state index in [1.807, 2.05) is 12.3 Å². The van der Waals surface area contributed by atoms with Gasteiger partial charge in [0.05, 0.1) is 18.1 Å². The van der Waals surface area contributed by atoms with Gasteiger partial charge in [0.25, 0.3) is 0 Å². The Morgan fingerprint density at radius 3 is 2.68 bits per heavy atom. The van der Waals surface area contributed by atoms with E-state index in [9.17, 15) is 4.39 Å². The van der Waals surface area contributed by atoms with Crippen molar-refractivity contribution in [3.8, 4) is 11.5 Å². The van der Waals surface area contributed by atoms with E-state index in [0.29, 0.717) is 11.5 Å². The third-order valence-corrected chi connectivity index (χ3v) is 5.22. The van der Waals surface area contributed by atoms with Gasteiger partial charge in [0, 0.05) is 44.4 Å². The number of pyridine rings is 1. The molecule has 0 spiro atoms. The van der Waals surface area contributed by atoms with Crippen LogP contribution in [0.15, 0.2) is 42.7 Å². The highest BCUT2D eigenvalue weighted by Crippen LogP contribution is 2.28. The molecule has 2 heterocycles. The van der Waals surface area contributed by atoms with Crippen molar-refractivity contribution < 1.29 is 9.13 Å². The summed E-state index contributed by atoms with van der Waals surface area (Å²) in [7, 11) is 0. The first-order valence-electron chi connectivity index (χ1n) is 9.15. The van der Waals surface area contributed by atoms with Crippen LogP contribution in [0.1, 0.15) is 25.7 Å². The highest BCUT2D eigenvalue weighted by atomic mass is 19.1. The van der Waals surface area contributed by atoms with Crippen molar-refractivity contribution in [3.63, 3.8) is 0 Å². The fourth-order valence-electron chi connectivity index (χ4n) is 3.62. The summed E-state index contributed by atoms with van der Waals surface area (Å²) in [4.78, 5) is 9.34. The molecule has 1 aromatic carbocycles. The third kappa shape index (κ3) is 3.93. The van der Waals surface area contributed by atoms with Gasteiger partial charge in [-0.25, -0.2) is 4.39 Å². The van der Waals surface area contributed by atoms with E-state index in [1.165, 1.54) is 44.4 Å². The molecular formula is C20H24FN3O. The molecule has 1 saturated carbocycles. The minimum absolute atomic E-state index is 0.301. The molecule has 0 amide bonds.